The van der Waals surface area contributed by atoms with E-state index < -0.39 is 0 Å². The topological polar surface area (TPSA) is 0 Å². The lowest BCUT2D eigenvalue weighted by molar-refractivity contribution is 0.686. The largest absolute Gasteiger partial charge is 0.0767 e. The van der Waals surface area contributed by atoms with E-state index in [2.05, 4.69) is 98.8 Å². The van der Waals surface area contributed by atoms with Crippen LogP contribution in [-0.4, -0.2) is 0 Å². The van der Waals surface area contributed by atoms with Crippen LogP contribution in [0.4, 0.5) is 0 Å². The number of fused-ring (bicyclic) bond motifs is 3. The molecule has 0 N–H and O–H groups in total. The lowest BCUT2D eigenvalue weighted by Crippen LogP contribution is -2.13. The quantitative estimate of drug-likeness (QED) is 0.384. The van der Waals surface area contributed by atoms with E-state index in [-0.39, 0.29) is 0 Å². The van der Waals surface area contributed by atoms with Crippen LogP contribution in [0.25, 0.3) is 11.1 Å². The van der Waals surface area contributed by atoms with Gasteiger partial charge in [0.2, 0.25) is 0 Å². The Kier molecular flexibility index (Phi) is 3.86. The number of allylic oxidation sites excluding steroid dienone is 4. The summed E-state index contributed by atoms with van der Waals surface area (Å²) in [6.07, 6.45) is 10.1. The van der Waals surface area contributed by atoms with Crippen molar-refractivity contribution in [2.24, 2.45) is 5.92 Å². The lowest BCUT2D eigenvalue weighted by Gasteiger charge is -2.26. The number of hydrogen-bond acceptors (Lipinski definition) is 0. The Morgan fingerprint density at radius 3 is 2.33 bits per heavy atom. The molecule has 2 aliphatic rings. The van der Waals surface area contributed by atoms with Crippen molar-refractivity contribution >= 4 is 0 Å². The Morgan fingerprint density at radius 1 is 0.852 bits per heavy atom. The van der Waals surface area contributed by atoms with Gasteiger partial charge >= 0.3 is 0 Å². The fourth-order valence-corrected chi connectivity index (χ4v) is 4.88. The van der Waals surface area contributed by atoms with Gasteiger partial charge in [0.05, 0.1) is 0 Å². The molecule has 0 heteroatoms. The molecule has 5 rings (SSSR count). The second-order valence-electron chi connectivity index (χ2n) is 7.83. The fraction of sp³-hybridized carbons (Fsp3) is 0.185. The van der Waals surface area contributed by atoms with Gasteiger partial charge in [0, 0.05) is 11.8 Å². The number of aryl methyl sites for hydroxylation is 1. The summed E-state index contributed by atoms with van der Waals surface area (Å²) in [5, 5.41) is 0. The summed E-state index contributed by atoms with van der Waals surface area (Å²) in [4.78, 5) is 0. The summed E-state index contributed by atoms with van der Waals surface area (Å²) in [6, 6.07) is 22.4. The van der Waals surface area contributed by atoms with Gasteiger partial charge in [0.15, 0.2) is 0 Å². The highest BCUT2D eigenvalue weighted by Gasteiger charge is 2.30. The number of rotatable bonds is 3. The minimum absolute atomic E-state index is 0.364. The molecule has 3 aromatic carbocycles. The molecular formula is C27H24. The van der Waals surface area contributed by atoms with E-state index in [4.69, 9.17) is 0 Å². The Bertz CT molecular complexity index is 1050. The third-order valence-electron chi connectivity index (χ3n) is 6.30. The maximum atomic E-state index is 2.46. The minimum Gasteiger partial charge on any atom is -0.0767 e. The Hall–Kier alpha value is -2.86. The third-order valence-corrected chi connectivity index (χ3v) is 6.30. The first-order valence-electron chi connectivity index (χ1n) is 9.85. The Balaban J connectivity index is 1.76. The van der Waals surface area contributed by atoms with E-state index in [1.54, 1.807) is 0 Å². The molecule has 0 saturated carbocycles. The molecule has 0 bridgehead atoms. The van der Waals surface area contributed by atoms with Crippen LogP contribution in [0, 0.1) is 19.8 Å². The first-order chi connectivity index (χ1) is 13.2. The molecule has 132 valence electrons. The summed E-state index contributed by atoms with van der Waals surface area (Å²) in [6.45, 7) is 4.55. The van der Waals surface area contributed by atoms with Crippen molar-refractivity contribution < 1.29 is 0 Å². The van der Waals surface area contributed by atoms with E-state index in [9.17, 15) is 0 Å². The van der Waals surface area contributed by atoms with E-state index in [0.717, 1.165) is 6.42 Å². The van der Waals surface area contributed by atoms with Crippen molar-refractivity contribution in [2.75, 3.05) is 0 Å². The van der Waals surface area contributed by atoms with E-state index in [1.807, 2.05) is 0 Å². The molecule has 0 fully saturated rings. The summed E-state index contributed by atoms with van der Waals surface area (Å²) in [5.74, 6) is 0.783. The van der Waals surface area contributed by atoms with E-state index >= 15 is 0 Å². The Labute approximate surface area is 161 Å². The molecule has 0 aromatic heterocycles. The van der Waals surface area contributed by atoms with Crippen LogP contribution in [-0.2, 0) is 6.42 Å². The molecule has 0 nitrogen and oxygen atoms in total. The average Bonchev–Trinajstić information content (AvgIpc) is 3.35. The number of hydrogen-bond donors (Lipinski definition) is 0. The zero-order valence-corrected chi connectivity index (χ0v) is 15.9. The van der Waals surface area contributed by atoms with Gasteiger partial charge in [0.25, 0.3) is 0 Å². The highest BCUT2D eigenvalue weighted by atomic mass is 14.3. The molecule has 1 unspecified atom stereocenters. The van der Waals surface area contributed by atoms with Gasteiger partial charge in [-0.1, -0.05) is 85.0 Å². The van der Waals surface area contributed by atoms with Crippen LogP contribution in [0.3, 0.4) is 0 Å². The molecule has 0 saturated heterocycles. The molecule has 2 aliphatic carbocycles. The number of benzene rings is 3. The van der Waals surface area contributed by atoms with E-state index in [0.29, 0.717) is 11.8 Å². The highest BCUT2D eigenvalue weighted by Crippen LogP contribution is 2.47. The van der Waals surface area contributed by atoms with Crippen molar-refractivity contribution in [3.63, 3.8) is 0 Å². The molecule has 0 aliphatic heterocycles. The molecular weight excluding hydrogens is 324 g/mol. The van der Waals surface area contributed by atoms with Crippen LogP contribution in [0.15, 0.2) is 85.0 Å². The standard InChI is InChI=1S/C27H24/c1-18-16-24(25-17-22-14-8-9-15-23(22)26(25)19(18)2)27(21-12-6-7-13-21)20-10-4-3-5-11-20/h3-16,21,27H,17H2,1-2H3. The van der Waals surface area contributed by atoms with Crippen LogP contribution >= 0.6 is 0 Å². The van der Waals surface area contributed by atoms with Crippen molar-refractivity contribution in [1.82, 2.24) is 0 Å². The predicted molar refractivity (Wildman–Crippen MR) is 114 cm³/mol. The molecule has 27 heavy (non-hydrogen) atoms. The van der Waals surface area contributed by atoms with Gasteiger partial charge in [-0.3, -0.25) is 0 Å². The maximum absolute atomic E-state index is 2.46. The first-order valence-corrected chi connectivity index (χ1v) is 9.85. The molecule has 3 aromatic rings. The van der Waals surface area contributed by atoms with Crippen molar-refractivity contribution in [3.8, 4) is 11.1 Å². The summed E-state index contributed by atoms with van der Waals surface area (Å²) in [7, 11) is 0. The summed E-state index contributed by atoms with van der Waals surface area (Å²) < 4.78 is 0. The van der Waals surface area contributed by atoms with Crippen molar-refractivity contribution in [1.29, 1.82) is 0 Å². The predicted octanol–water partition coefficient (Wildman–Crippen LogP) is 6.75. The molecule has 0 radical (unpaired) electrons. The van der Waals surface area contributed by atoms with Crippen LogP contribution < -0.4 is 0 Å². The zero-order chi connectivity index (χ0) is 18.4. The third kappa shape index (κ3) is 2.59. The molecule has 0 heterocycles. The zero-order valence-electron chi connectivity index (χ0n) is 15.9. The summed E-state index contributed by atoms with van der Waals surface area (Å²) >= 11 is 0. The molecule has 0 spiro atoms. The maximum Gasteiger partial charge on any atom is 0.0190 e. The molecule has 1 atom stereocenters. The lowest BCUT2D eigenvalue weighted by atomic mass is 9.77. The van der Waals surface area contributed by atoms with Crippen LogP contribution in [0.1, 0.15) is 39.3 Å². The van der Waals surface area contributed by atoms with E-state index in [1.165, 1.54) is 44.5 Å². The van der Waals surface area contributed by atoms with Crippen molar-refractivity contribution in [3.05, 3.63) is 118 Å². The fourth-order valence-electron chi connectivity index (χ4n) is 4.88. The van der Waals surface area contributed by atoms with Crippen LogP contribution in [0.2, 0.25) is 0 Å². The van der Waals surface area contributed by atoms with Gasteiger partial charge in [0.1, 0.15) is 0 Å². The monoisotopic (exact) mass is 348 g/mol. The SMILES string of the molecule is Cc1cc(C(c2ccccc2)C2C=CC=C2)c2c(c1C)-c1ccccc1C2. The first kappa shape index (κ1) is 16.3. The highest BCUT2D eigenvalue weighted by molar-refractivity contribution is 5.82. The second-order valence-corrected chi connectivity index (χ2v) is 7.83. The Morgan fingerprint density at radius 2 is 1.56 bits per heavy atom. The average molecular weight is 348 g/mol. The van der Waals surface area contributed by atoms with Gasteiger partial charge in [-0.15, -0.1) is 0 Å². The molecule has 0 amide bonds. The summed E-state index contributed by atoms with van der Waals surface area (Å²) in [5.41, 5.74) is 11.6. The van der Waals surface area contributed by atoms with Gasteiger partial charge < -0.3 is 0 Å². The van der Waals surface area contributed by atoms with Gasteiger partial charge in [-0.05, 0) is 64.8 Å². The van der Waals surface area contributed by atoms with Crippen LogP contribution in [0.5, 0.6) is 0 Å². The second kappa shape index (κ2) is 6.39. The minimum atomic E-state index is 0.364. The normalized spacial score (nSPS) is 15.8. The van der Waals surface area contributed by atoms with Gasteiger partial charge in [-0.2, -0.15) is 0 Å². The van der Waals surface area contributed by atoms with Gasteiger partial charge in [-0.25, -0.2) is 0 Å². The smallest absolute Gasteiger partial charge is 0.0190 e. The van der Waals surface area contributed by atoms with Crippen molar-refractivity contribution in [2.45, 2.75) is 26.2 Å².